The summed E-state index contributed by atoms with van der Waals surface area (Å²) in [5, 5.41) is 0.813. The first-order valence-corrected chi connectivity index (χ1v) is 1.99. The van der Waals surface area contributed by atoms with Gasteiger partial charge in [0.05, 0.1) is 14.1 Å². The predicted molar refractivity (Wildman–Crippen MR) is 25.5 cm³/mol. The van der Waals surface area contributed by atoms with Gasteiger partial charge in [0.25, 0.3) is 0 Å². The Morgan fingerprint density at radius 1 is 1.71 bits per heavy atom. The molecule has 0 aromatic rings. The third kappa shape index (κ3) is 5.23. The Morgan fingerprint density at radius 2 is 2.14 bits per heavy atom. The van der Waals surface area contributed by atoms with Crippen molar-refractivity contribution in [3.63, 3.8) is 0 Å². The third-order valence-corrected chi connectivity index (χ3v) is 0.373. The molecule has 2 amide bonds. The molecular weight excluding hydrogens is 94.1 g/mol. The number of hydrogen-bond acceptors (Lipinski definition) is 1. The first kappa shape index (κ1) is 6.23. The summed E-state index contributed by atoms with van der Waals surface area (Å²) in [7, 11) is 3.54. The van der Waals surface area contributed by atoms with Crippen molar-refractivity contribution >= 4 is 6.03 Å². The molecule has 0 bridgehead atoms. The molecule has 0 saturated heterocycles. The van der Waals surface area contributed by atoms with Crippen LogP contribution in [0.15, 0.2) is 0 Å². The van der Waals surface area contributed by atoms with Gasteiger partial charge in [-0.15, -0.1) is 0 Å². The van der Waals surface area contributed by atoms with Gasteiger partial charge in [0, 0.05) is 0 Å². The number of quaternary nitrogens is 1. The van der Waals surface area contributed by atoms with Crippen LogP contribution < -0.4 is 16.2 Å². The van der Waals surface area contributed by atoms with Crippen molar-refractivity contribution < 1.29 is 9.80 Å². The number of nitrogens with two attached hydrogens (primary N) is 1. The highest BCUT2D eigenvalue weighted by Crippen LogP contribution is 1.36. The Kier molecular flexibility index (Phi) is 2.15. The van der Waals surface area contributed by atoms with Gasteiger partial charge in [-0.3, -0.25) is 0 Å². The minimum absolute atomic E-state index is 0.500. The highest BCUT2D eigenvalue weighted by Gasteiger charge is 1.91. The van der Waals surface area contributed by atoms with Crippen LogP contribution in [0.3, 0.4) is 0 Å². The van der Waals surface area contributed by atoms with Crippen molar-refractivity contribution in [2.75, 3.05) is 14.1 Å². The van der Waals surface area contributed by atoms with Crippen LogP contribution in [0, 0.1) is 0 Å². The van der Waals surface area contributed by atoms with E-state index in [1.165, 1.54) is 0 Å². The maximum atomic E-state index is 9.90. The van der Waals surface area contributed by atoms with Crippen LogP contribution in [0.1, 0.15) is 0 Å². The molecule has 0 radical (unpaired) electrons. The SMILES string of the molecule is C[NH+](C)NC(N)=O. The topological polar surface area (TPSA) is 59.6 Å². The Labute approximate surface area is 42.3 Å². The van der Waals surface area contributed by atoms with Gasteiger partial charge in [-0.1, -0.05) is 0 Å². The van der Waals surface area contributed by atoms with E-state index in [-0.39, 0.29) is 0 Å². The zero-order valence-electron chi connectivity index (χ0n) is 4.49. The van der Waals surface area contributed by atoms with Crippen LogP contribution >= 0.6 is 0 Å². The molecule has 0 spiro atoms. The van der Waals surface area contributed by atoms with E-state index in [1.54, 1.807) is 14.1 Å². The van der Waals surface area contributed by atoms with E-state index < -0.39 is 6.03 Å². The summed E-state index contributed by atoms with van der Waals surface area (Å²) in [6, 6.07) is -0.500. The van der Waals surface area contributed by atoms with E-state index in [4.69, 9.17) is 5.73 Å². The number of urea groups is 1. The van der Waals surface area contributed by atoms with Gasteiger partial charge >= 0.3 is 6.03 Å². The second-order valence-corrected chi connectivity index (χ2v) is 1.49. The molecule has 7 heavy (non-hydrogen) atoms. The molecule has 0 rings (SSSR count). The van der Waals surface area contributed by atoms with Gasteiger partial charge in [0.15, 0.2) is 0 Å². The Bertz CT molecular complexity index is 70.6. The van der Waals surface area contributed by atoms with Crippen LogP contribution in [-0.4, -0.2) is 20.1 Å². The molecule has 4 heteroatoms. The third-order valence-electron chi connectivity index (χ3n) is 0.373. The summed E-state index contributed by atoms with van der Waals surface area (Å²) < 4.78 is 0. The molecular formula is C3H10N3O+. The number of primary amides is 1. The maximum absolute atomic E-state index is 9.90. The summed E-state index contributed by atoms with van der Waals surface area (Å²) in [5.74, 6) is 0. The molecule has 0 aliphatic rings. The fourth-order valence-electron chi connectivity index (χ4n) is 0.246. The van der Waals surface area contributed by atoms with Crippen molar-refractivity contribution in [1.82, 2.24) is 5.43 Å². The second kappa shape index (κ2) is 2.41. The Hall–Kier alpha value is -0.770. The Morgan fingerprint density at radius 3 is 2.14 bits per heavy atom. The summed E-state index contributed by atoms with van der Waals surface area (Å²) in [4.78, 5) is 9.90. The zero-order chi connectivity index (χ0) is 5.86. The second-order valence-electron chi connectivity index (χ2n) is 1.49. The fourth-order valence-corrected chi connectivity index (χ4v) is 0.246. The lowest BCUT2D eigenvalue weighted by molar-refractivity contribution is -0.895. The number of amides is 2. The van der Waals surface area contributed by atoms with Crippen molar-refractivity contribution in [1.29, 1.82) is 0 Å². The molecule has 4 nitrogen and oxygen atoms in total. The smallest absolute Gasteiger partial charge is 0.348 e. The first-order chi connectivity index (χ1) is 3.13. The maximum Gasteiger partial charge on any atom is 0.356 e. The van der Waals surface area contributed by atoms with E-state index in [9.17, 15) is 4.79 Å². The summed E-state index contributed by atoms with van der Waals surface area (Å²) >= 11 is 0. The normalized spacial score (nSPS) is 9.00. The molecule has 0 saturated carbocycles. The van der Waals surface area contributed by atoms with Crippen LogP contribution in [-0.2, 0) is 0 Å². The summed E-state index contributed by atoms with van der Waals surface area (Å²) in [6.45, 7) is 0. The van der Waals surface area contributed by atoms with E-state index in [0.29, 0.717) is 0 Å². The van der Waals surface area contributed by atoms with Crippen molar-refractivity contribution in [2.45, 2.75) is 0 Å². The van der Waals surface area contributed by atoms with Gasteiger partial charge in [0.2, 0.25) is 0 Å². The number of carbonyl (C=O) groups is 1. The fraction of sp³-hybridized carbons (Fsp3) is 0.667. The van der Waals surface area contributed by atoms with Crippen LogP contribution in [0.25, 0.3) is 0 Å². The molecule has 0 atom stereocenters. The monoisotopic (exact) mass is 104 g/mol. The van der Waals surface area contributed by atoms with E-state index in [2.05, 4.69) is 5.43 Å². The number of hydrogen-bond donors (Lipinski definition) is 3. The lowest BCUT2D eigenvalue weighted by Crippen LogP contribution is -3.14. The first-order valence-electron chi connectivity index (χ1n) is 1.99. The van der Waals surface area contributed by atoms with Gasteiger partial charge in [0.1, 0.15) is 0 Å². The molecule has 0 aromatic carbocycles. The lowest BCUT2D eigenvalue weighted by atomic mass is 11.0. The molecule has 0 aromatic heterocycles. The Balaban J connectivity index is 3.13. The van der Waals surface area contributed by atoms with Gasteiger partial charge in [-0.25, -0.2) is 9.80 Å². The molecule has 0 aliphatic heterocycles. The van der Waals surface area contributed by atoms with E-state index in [1.807, 2.05) is 0 Å². The van der Waals surface area contributed by atoms with Crippen LogP contribution in [0.4, 0.5) is 4.79 Å². The van der Waals surface area contributed by atoms with Crippen LogP contribution in [0.5, 0.6) is 0 Å². The van der Waals surface area contributed by atoms with Crippen molar-refractivity contribution in [2.24, 2.45) is 5.73 Å². The lowest BCUT2D eigenvalue weighted by Gasteiger charge is -2.03. The van der Waals surface area contributed by atoms with Crippen molar-refractivity contribution in [3.05, 3.63) is 0 Å². The number of nitrogens with one attached hydrogen (secondary N) is 2. The van der Waals surface area contributed by atoms with E-state index >= 15 is 0 Å². The van der Waals surface area contributed by atoms with Crippen molar-refractivity contribution in [3.8, 4) is 0 Å². The highest BCUT2D eigenvalue weighted by atomic mass is 16.2. The largest absolute Gasteiger partial charge is 0.356 e. The summed E-state index contributed by atoms with van der Waals surface area (Å²) in [6.07, 6.45) is 0. The molecule has 0 fully saturated rings. The standard InChI is InChI=1S/C3H9N3O/c1-6(2)5-3(4)7/h1-2H3,(H3,4,5,7)/p+1. The minimum atomic E-state index is -0.500. The van der Waals surface area contributed by atoms with Gasteiger partial charge in [-0.05, 0) is 0 Å². The predicted octanol–water partition coefficient (Wildman–Crippen LogP) is -2.29. The quantitative estimate of drug-likeness (QED) is 0.322. The van der Waals surface area contributed by atoms with Crippen LogP contribution in [0.2, 0.25) is 0 Å². The molecule has 0 unspecified atom stereocenters. The minimum Gasteiger partial charge on any atom is -0.348 e. The zero-order valence-corrected chi connectivity index (χ0v) is 4.49. The molecule has 4 N–H and O–H groups in total. The van der Waals surface area contributed by atoms with E-state index in [0.717, 1.165) is 5.01 Å². The highest BCUT2D eigenvalue weighted by molar-refractivity contribution is 5.69. The molecule has 42 valence electrons. The molecule has 0 heterocycles. The summed E-state index contributed by atoms with van der Waals surface area (Å²) in [5.41, 5.74) is 7.08. The number of carbonyl (C=O) groups excluding carboxylic acids is 1. The average molecular weight is 104 g/mol. The average Bonchev–Trinajstić information content (AvgIpc) is 1.27. The van der Waals surface area contributed by atoms with Gasteiger partial charge < -0.3 is 5.73 Å². The van der Waals surface area contributed by atoms with Gasteiger partial charge in [-0.2, -0.15) is 5.43 Å². The molecule has 0 aliphatic carbocycles. The number of rotatable bonds is 1.